The van der Waals surface area contributed by atoms with Crippen LogP contribution in [0.15, 0.2) is 60.9 Å². The minimum absolute atomic E-state index is 0.0175. The molecule has 4 aromatic rings. The van der Waals surface area contributed by atoms with E-state index in [2.05, 4.69) is 14.9 Å². The molecule has 0 aliphatic carbocycles. The molecule has 0 bridgehead atoms. The van der Waals surface area contributed by atoms with Crippen LogP contribution < -0.4 is 4.90 Å². The van der Waals surface area contributed by atoms with Gasteiger partial charge in [-0.1, -0.05) is 12.1 Å². The second kappa shape index (κ2) is 13.4. The Morgan fingerprint density at radius 2 is 1.64 bits per heavy atom. The lowest BCUT2D eigenvalue weighted by molar-refractivity contribution is 0.00370. The van der Waals surface area contributed by atoms with Crippen molar-refractivity contribution >= 4 is 28.9 Å². The Morgan fingerprint density at radius 1 is 0.957 bits per heavy atom. The Bertz CT molecular complexity index is 1720. The molecule has 0 saturated carbocycles. The highest BCUT2D eigenvalue weighted by Crippen LogP contribution is 2.34. The number of hydrogen-bond acceptors (Lipinski definition) is 6. The van der Waals surface area contributed by atoms with Crippen LogP contribution in [0.4, 0.5) is 19.4 Å². The van der Waals surface area contributed by atoms with Crippen LogP contribution in [-0.2, 0) is 17.8 Å². The summed E-state index contributed by atoms with van der Waals surface area (Å²) in [6.45, 7) is 8.03. The quantitative estimate of drug-likeness (QED) is 0.201. The van der Waals surface area contributed by atoms with Gasteiger partial charge in [0.25, 0.3) is 11.8 Å². The third-order valence-corrected chi connectivity index (χ3v) is 8.40. The Morgan fingerprint density at radius 3 is 2.21 bits per heavy atom. The molecular weight excluding hydrogens is 602 g/mol. The van der Waals surface area contributed by atoms with Crippen LogP contribution in [0.3, 0.4) is 0 Å². The molecule has 2 amide bonds. The molecule has 0 spiro atoms. The number of alkyl halides is 2. The van der Waals surface area contributed by atoms with Gasteiger partial charge in [-0.05, 0) is 100 Å². The first-order valence-corrected chi connectivity index (χ1v) is 15.9. The first-order valence-electron chi connectivity index (χ1n) is 15.9. The largest absolute Gasteiger partial charge is 0.443 e. The van der Waals surface area contributed by atoms with Crippen LogP contribution in [0.1, 0.15) is 68.1 Å². The average molecular weight is 647 g/mol. The highest BCUT2D eigenvalue weighted by atomic mass is 19.3. The van der Waals surface area contributed by atoms with Gasteiger partial charge in [0.05, 0.1) is 6.54 Å². The van der Waals surface area contributed by atoms with E-state index < -0.39 is 24.2 Å². The Hall–Kier alpha value is -4.38. The van der Waals surface area contributed by atoms with E-state index >= 15 is 0 Å². The number of rotatable bonds is 8. The van der Waals surface area contributed by atoms with E-state index in [4.69, 9.17) is 4.74 Å². The molecule has 0 radical (unpaired) electrons. The highest BCUT2D eigenvalue weighted by Gasteiger charge is 2.28. The monoisotopic (exact) mass is 646 g/mol. The Balaban J connectivity index is 1.35. The first kappa shape index (κ1) is 34.0. The van der Waals surface area contributed by atoms with Crippen LogP contribution in [0, 0.1) is 0 Å². The SMILES string of the molecule is CN(C)C(=O)c1ccc(C2CCN(Cc3cc4c(-c5ccc(N(C)C(=O)OC(C)(C)C)nc5)ccnc4n3CC(C)(F)F)CC2)cc1. The van der Waals surface area contributed by atoms with E-state index in [0.29, 0.717) is 29.5 Å². The maximum absolute atomic E-state index is 14.5. The number of piperidine rings is 1. The molecule has 0 unspecified atom stereocenters. The zero-order chi connectivity index (χ0) is 34.1. The van der Waals surface area contributed by atoms with Gasteiger partial charge in [-0.2, -0.15) is 0 Å². The van der Waals surface area contributed by atoms with Crippen molar-refractivity contribution in [3.63, 3.8) is 0 Å². The van der Waals surface area contributed by atoms with E-state index in [0.717, 1.165) is 55.1 Å². The standard InChI is InChI=1S/C36H44F2N6O3/c1-35(2,3)47-34(46)42(7)31-13-12-27(21-40-31)29-14-17-39-32-30(29)20-28(44(32)23-36(4,37)38)22-43-18-15-25(16-19-43)24-8-10-26(11-9-24)33(45)41(5)6/h8-14,17,20-21,25H,15-16,18-19,22-23H2,1-7H3. The number of fused-ring (bicyclic) bond motifs is 1. The summed E-state index contributed by atoms with van der Waals surface area (Å²) in [5.74, 6) is -2.14. The molecule has 11 heteroatoms. The molecule has 1 aromatic carbocycles. The zero-order valence-electron chi connectivity index (χ0n) is 28.3. The molecule has 0 atom stereocenters. The summed E-state index contributed by atoms with van der Waals surface area (Å²) in [6, 6.07) is 15.3. The number of benzene rings is 1. The Labute approximate surface area is 275 Å². The summed E-state index contributed by atoms with van der Waals surface area (Å²) < 4.78 is 36.1. The molecule has 3 aromatic heterocycles. The van der Waals surface area contributed by atoms with Gasteiger partial charge in [-0.15, -0.1) is 0 Å². The third-order valence-electron chi connectivity index (χ3n) is 8.40. The number of nitrogens with zero attached hydrogens (tertiary/aromatic N) is 6. The molecule has 1 aliphatic heterocycles. The average Bonchev–Trinajstić information content (AvgIpc) is 3.35. The molecule has 5 rings (SSSR count). The summed E-state index contributed by atoms with van der Waals surface area (Å²) in [6.07, 6.45) is 4.67. The minimum Gasteiger partial charge on any atom is -0.443 e. The molecule has 250 valence electrons. The Kier molecular flexibility index (Phi) is 9.68. The summed E-state index contributed by atoms with van der Waals surface area (Å²) in [5, 5.41) is 0.768. The second-order valence-electron chi connectivity index (χ2n) is 13.7. The summed E-state index contributed by atoms with van der Waals surface area (Å²) >= 11 is 0. The van der Waals surface area contributed by atoms with E-state index in [1.54, 1.807) is 69.8 Å². The smallest absolute Gasteiger partial charge is 0.415 e. The first-order chi connectivity index (χ1) is 22.1. The molecule has 1 aliphatic rings. The van der Waals surface area contributed by atoms with Gasteiger partial charge >= 0.3 is 6.09 Å². The fourth-order valence-corrected chi connectivity index (χ4v) is 6.01. The minimum atomic E-state index is -2.93. The molecule has 4 heterocycles. The van der Waals surface area contributed by atoms with Crippen molar-refractivity contribution in [3.8, 4) is 11.1 Å². The molecule has 1 saturated heterocycles. The van der Waals surface area contributed by atoms with Gasteiger partial charge in [-0.3, -0.25) is 14.6 Å². The topological polar surface area (TPSA) is 83.8 Å². The maximum Gasteiger partial charge on any atom is 0.415 e. The summed E-state index contributed by atoms with van der Waals surface area (Å²) in [5.41, 5.74) is 4.13. The predicted molar refractivity (Wildman–Crippen MR) is 180 cm³/mol. The fourth-order valence-electron chi connectivity index (χ4n) is 6.01. The number of anilines is 1. The molecule has 0 N–H and O–H groups in total. The summed E-state index contributed by atoms with van der Waals surface area (Å²) in [7, 11) is 5.09. The normalized spacial score (nSPS) is 14.7. The van der Waals surface area contributed by atoms with Crippen molar-refractivity contribution in [2.45, 2.75) is 71.1 Å². The van der Waals surface area contributed by atoms with Gasteiger partial charge < -0.3 is 14.2 Å². The summed E-state index contributed by atoms with van der Waals surface area (Å²) in [4.78, 5) is 39.1. The van der Waals surface area contributed by atoms with Gasteiger partial charge in [0, 0.05) is 69.2 Å². The lowest BCUT2D eigenvalue weighted by atomic mass is 9.89. The van der Waals surface area contributed by atoms with Crippen LogP contribution in [0.25, 0.3) is 22.2 Å². The van der Waals surface area contributed by atoms with Crippen molar-refractivity contribution < 1.29 is 23.1 Å². The van der Waals surface area contributed by atoms with Crippen LogP contribution in [0.2, 0.25) is 0 Å². The van der Waals surface area contributed by atoms with Crippen LogP contribution in [-0.4, -0.2) is 82.1 Å². The van der Waals surface area contributed by atoms with Crippen molar-refractivity contribution in [3.05, 3.63) is 77.7 Å². The number of aromatic nitrogens is 3. The van der Waals surface area contributed by atoms with Gasteiger partial charge in [-0.25, -0.2) is 23.5 Å². The lowest BCUT2D eigenvalue weighted by Crippen LogP contribution is -2.34. The van der Waals surface area contributed by atoms with Gasteiger partial charge in [0.15, 0.2) is 0 Å². The van der Waals surface area contributed by atoms with Crippen molar-refractivity contribution in [1.29, 1.82) is 0 Å². The number of carbonyl (C=O) groups is 2. The van der Waals surface area contributed by atoms with E-state index in [-0.39, 0.29) is 5.91 Å². The number of pyridine rings is 2. The van der Waals surface area contributed by atoms with E-state index in [1.807, 2.05) is 42.5 Å². The zero-order valence-corrected chi connectivity index (χ0v) is 28.3. The van der Waals surface area contributed by atoms with E-state index in [1.165, 1.54) is 10.5 Å². The molecular formula is C36H44F2N6O3. The number of halogens is 2. The van der Waals surface area contributed by atoms with Crippen LogP contribution >= 0.6 is 0 Å². The fraction of sp³-hybridized carbons (Fsp3) is 0.444. The predicted octanol–water partition coefficient (Wildman–Crippen LogP) is 7.21. The third kappa shape index (κ3) is 8.13. The van der Waals surface area contributed by atoms with Crippen LogP contribution in [0.5, 0.6) is 0 Å². The number of likely N-dealkylation sites (tertiary alicyclic amines) is 1. The number of hydrogen-bond donors (Lipinski definition) is 0. The van der Waals surface area contributed by atoms with Crippen molar-refractivity contribution in [2.24, 2.45) is 0 Å². The number of ether oxygens (including phenoxy) is 1. The maximum atomic E-state index is 14.5. The highest BCUT2D eigenvalue weighted by molar-refractivity contribution is 5.95. The molecule has 47 heavy (non-hydrogen) atoms. The van der Waals surface area contributed by atoms with Crippen molar-refractivity contribution in [2.75, 3.05) is 39.1 Å². The molecule has 1 fully saturated rings. The molecule has 9 nitrogen and oxygen atoms in total. The second-order valence-corrected chi connectivity index (χ2v) is 13.7. The van der Waals surface area contributed by atoms with Crippen molar-refractivity contribution in [1.82, 2.24) is 24.3 Å². The number of amides is 2. The van der Waals surface area contributed by atoms with Gasteiger partial charge in [0.1, 0.15) is 17.1 Å². The van der Waals surface area contributed by atoms with Gasteiger partial charge in [0.2, 0.25) is 0 Å². The number of carbonyl (C=O) groups excluding carboxylic acids is 2. The lowest BCUT2D eigenvalue weighted by Gasteiger charge is -2.32. The van der Waals surface area contributed by atoms with E-state index in [9.17, 15) is 18.4 Å².